The maximum atomic E-state index is 13.3. The van der Waals surface area contributed by atoms with Crippen molar-refractivity contribution >= 4 is 11.6 Å². The third-order valence-electron chi connectivity index (χ3n) is 6.80. The number of aromatic amines is 1. The second-order valence-electron chi connectivity index (χ2n) is 9.53. The molecule has 1 saturated heterocycles. The van der Waals surface area contributed by atoms with Crippen molar-refractivity contribution in [3.05, 3.63) is 57.3 Å². The lowest BCUT2D eigenvalue weighted by atomic mass is 9.99. The molecule has 0 spiro atoms. The van der Waals surface area contributed by atoms with Crippen molar-refractivity contribution < 1.29 is 4.79 Å². The van der Waals surface area contributed by atoms with E-state index in [0.717, 1.165) is 54.7 Å². The van der Waals surface area contributed by atoms with E-state index in [-0.39, 0.29) is 17.5 Å². The Morgan fingerprint density at radius 3 is 2.62 bits per heavy atom. The summed E-state index contributed by atoms with van der Waals surface area (Å²) in [7, 11) is 4.01. The van der Waals surface area contributed by atoms with E-state index in [9.17, 15) is 9.59 Å². The first-order valence-corrected chi connectivity index (χ1v) is 11.7. The molecule has 172 valence electrons. The summed E-state index contributed by atoms with van der Waals surface area (Å²) < 4.78 is 0. The van der Waals surface area contributed by atoms with Crippen molar-refractivity contribution in [3.63, 3.8) is 0 Å². The molecule has 32 heavy (non-hydrogen) atoms. The van der Waals surface area contributed by atoms with E-state index < -0.39 is 0 Å². The molecule has 1 amide bonds. The lowest BCUT2D eigenvalue weighted by molar-refractivity contribution is -0.134. The maximum Gasteiger partial charge on any atom is 0.254 e. The fourth-order valence-electron chi connectivity index (χ4n) is 4.78. The number of rotatable bonds is 5. The van der Waals surface area contributed by atoms with E-state index >= 15 is 0 Å². The molecule has 2 aliphatic heterocycles. The van der Waals surface area contributed by atoms with Crippen LogP contribution in [0.4, 0.5) is 5.69 Å². The first kappa shape index (κ1) is 22.5. The molecular weight excluding hydrogens is 402 g/mol. The van der Waals surface area contributed by atoms with Crippen LogP contribution in [0.5, 0.6) is 0 Å². The quantitative estimate of drug-likeness (QED) is 0.779. The summed E-state index contributed by atoms with van der Waals surface area (Å²) >= 11 is 0. The lowest BCUT2D eigenvalue weighted by Crippen LogP contribution is -2.43. The summed E-state index contributed by atoms with van der Waals surface area (Å²) in [6.07, 6.45) is 3.94. The topological polar surface area (TPSA) is 72.5 Å². The molecule has 1 aromatic carbocycles. The molecule has 0 unspecified atom stereocenters. The molecule has 1 aromatic heterocycles. The number of carbonyl (C=O) groups is 1. The van der Waals surface area contributed by atoms with E-state index in [0.29, 0.717) is 31.4 Å². The summed E-state index contributed by atoms with van der Waals surface area (Å²) in [4.78, 5) is 40.4. The Hall–Kier alpha value is -2.67. The number of hydrogen-bond acceptors (Lipinski definition) is 5. The van der Waals surface area contributed by atoms with Gasteiger partial charge in [-0.05, 0) is 57.2 Å². The van der Waals surface area contributed by atoms with Gasteiger partial charge < -0.3 is 14.8 Å². The van der Waals surface area contributed by atoms with Gasteiger partial charge in [-0.2, -0.15) is 0 Å². The number of carbonyl (C=O) groups excluding carboxylic acids is 1. The summed E-state index contributed by atoms with van der Waals surface area (Å²) in [5.41, 5.74) is 3.76. The van der Waals surface area contributed by atoms with Crippen molar-refractivity contribution in [2.24, 2.45) is 0 Å². The lowest BCUT2D eigenvalue weighted by Gasteiger charge is -2.36. The fraction of sp³-hybridized carbons (Fsp3) is 0.560. The van der Waals surface area contributed by atoms with Crippen LogP contribution in [0.1, 0.15) is 61.8 Å². The first-order valence-electron chi connectivity index (χ1n) is 11.7. The molecule has 0 aliphatic carbocycles. The second kappa shape index (κ2) is 9.45. The van der Waals surface area contributed by atoms with Crippen LogP contribution >= 0.6 is 0 Å². The monoisotopic (exact) mass is 437 g/mol. The highest BCUT2D eigenvalue weighted by Crippen LogP contribution is 2.30. The van der Waals surface area contributed by atoms with Gasteiger partial charge in [0.2, 0.25) is 5.91 Å². The van der Waals surface area contributed by atoms with Crippen LogP contribution < -0.4 is 10.5 Å². The zero-order valence-electron chi connectivity index (χ0n) is 19.7. The number of amides is 1. The predicted molar refractivity (Wildman–Crippen MR) is 127 cm³/mol. The molecule has 3 heterocycles. The number of fused-ring (bicyclic) bond motifs is 1. The number of hydrogen-bond donors (Lipinski definition) is 1. The summed E-state index contributed by atoms with van der Waals surface area (Å²) in [5, 5.41) is 0. The van der Waals surface area contributed by atoms with Gasteiger partial charge in [0.25, 0.3) is 5.56 Å². The first-order chi connectivity index (χ1) is 15.3. The minimum atomic E-state index is -0.162. The van der Waals surface area contributed by atoms with E-state index in [4.69, 9.17) is 4.98 Å². The minimum Gasteiger partial charge on any atom is -0.378 e. The summed E-state index contributed by atoms with van der Waals surface area (Å²) in [6, 6.07) is 8.37. The van der Waals surface area contributed by atoms with Crippen LogP contribution in [0.3, 0.4) is 0 Å². The van der Waals surface area contributed by atoms with Crippen LogP contribution in [-0.2, 0) is 24.2 Å². The fourth-order valence-corrected chi connectivity index (χ4v) is 4.78. The van der Waals surface area contributed by atoms with E-state index in [1.165, 1.54) is 0 Å². The highest BCUT2D eigenvalue weighted by atomic mass is 16.2. The Morgan fingerprint density at radius 2 is 1.94 bits per heavy atom. The smallest absolute Gasteiger partial charge is 0.254 e. The molecule has 2 aromatic rings. The average Bonchev–Trinajstić information content (AvgIpc) is 2.79. The number of nitrogens with one attached hydrogen (secondary N) is 1. The van der Waals surface area contributed by atoms with Crippen molar-refractivity contribution in [1.29, 1.82) is 0 Å². The van der Waals surface area contributed by atoms with Gasteiger partial charge in [0, 0.05) is 51.0 Å². The Labute approximate surface area is 190 Å². The van der Waals surface area contributed by atoms with Gasteiger partial charge in [0.15, 0.2) is 0 Å². The number of nitrogens with zero attached hydrogens (tertiary/aromatic N) is 4. The van der Waals surface area contributed by atoms with Gasteiger partial charge >= 0.3 is 0 Å². The maximum absolute atomic E-state index is 13.3. The van der Waals surface area contributed by atoms with Gasteiger partial charge in [-0.25, -0.2) is 4.98 Å². The molecule has 2 aliphatic rings. The minimum absolute atomic E-state index is 0.0364. The van der Waals surface area contributed by atoms with Crippen LogP contribution in [0, 0.1) is 0 Å². The van der Waals surface area contributed by atoms with E-state index in [2.05, 4.69) is 23.7 Å². The third kappa shape index (κ3) is 4.72. The molecule has 4 rings (SSSR count). The van der Waals surface area contributed by atoms with E-state index in [1.54, 1.807) is 0 Å². The molecular formula is C25H35N5O2. The molecule has 0 radical (unpaired) electrons. The molecule has 1 N–H and O–H groups in total. The number of likely N-dealkylation sites (tertiary alicyclic amines) is 1. The van der Waals surface area contributed by atoms with Gasteiger partial charge in [-0.1, -0.05) is 12.1 Å². The standard InChI is InChI=1S/C25H35N5O2/c1-17(2)29-14-12-20-21(16-29)26-24(27-25(20)32)22-7-5-6-13-30(22)23(31)15-18-8-10-19(11-9-18)28(3)4/h8-11,17,22H,5-7,12-16H2,1-4H3,(H,26,27,32)/t22-/m0/s1. The zero-order chi connectivity index (χ0) is 22.8. The third-order valence-corrected chi connectivity index (χ3v) is 6.80. The Balaban J connectivity index is 1.56. The Kier molecular flexibility index (Phi) is 6.65. The van der Waals surface area contributed by atoms with Crippen molar-refractivity contribution in [1.82, 2.24) is 19.8 Å². The van der Waals surface area contributed by atoms with Crippen molar-refractivity contribution in [2.75, 3.05) is 32.1 Å². The van der Waals surface area contributed by atoms with Crippen molar-refractivity contribution in [2.45, 2.75) is 64.6 Å². The van der Waals surface area contributed by atoms with Crippen LogP contribution in [-0.4, -0.2) is 58.9 Å². The molecule has 7 nitrogen and oxygen atoms in total. The number of benzene rings is 1. The second-order valence-corrected chi connectivity index (χ2v) is 9.53. The van der Waals surface area contributed by atoms with Crippen molar-refractivity contribution in [3.8, 4) is 0 Å². The summed E-state index contributed by atoms with van der Waals surface area (Å²) in [6.45, 7) is 6.63. The highest BCUT2D eigenvalue weighted by Gasteiger charge is 2.31. The summed E-state index contributed by atoms with van der Waals surface area (Å²) in [5.74, 6) is 0.742. The molecule has 0 saturated carbocycles. The van der Waals surface area contributed by atoms with Crippen LogP contribution in [0.2, 0.25) is 0 Å². The molecule has 0 bridgehead atoms. The Morgan fingerprint density at radius 1 is 1.19 bits per heavy atom. The largest absolute Gasteiger partial charge is 0.378 e. The number of piperidine rings is 1. The molecule has 1 fully saturated rings. The normalized spacial score (nSPS) is 19.2. The highest BCUT2D eigenvalue weighted by molar-refractivity contribution is 5.79. The zero-order valence-corrected chi connectivity index (χ0v) is 19.7. The van der Waals surface area contributed by atoms with Gasteiger partial charge in [0.1, 0.15) is 5.82 Å². The Bertz CT molecular complexity index is 1010. The van der Waals surface area contributed by atoms with Gasteiger partial charge in [-0.15, -0.1) is 0 Å². The number of aromatic nitrogens is 2. The van der Waals surface area contributed by atoms with Gasteiger partial charge in [-0.3, -0.25) is 14.5 Å². The van der Waals surface area contributed by atoms with Crippen LogP contribution in [0.15, 0.2) is 29.1 Å². The molecule has 7 heteroatoms. The molecule has 1 atom stereocenters. The number of H-pyrrole nitrogens is 1. The SMILES string of the molecule is CC(C)N1CCc2c(nc([C@@H]3CCCCN3C(=O)Cc3ccc(N(C)C)cc3)[nH]c2=O)C1. The number of anilines is 1. The van der Waals surface area contributed by atoms with Gasteiger partial charge in [0.05, 0.1) is 18.2 Å². The van der Waals surface area contributed by atoms with E-state index in [1.807, 2.05) is 48.2 Å². The van der Waals surface area contributed by atoms with Crippen LogP contribution in [0.25, 0.3) is 0 Å². The predicted octanol–water partition coefficient (Wildman–Crippen LogP) is 2.90. The average molecular weight is 438 g/mol.